The van der Waals surface area contributed by atoms with Crippen LogP contribution >= 0.6 is 11.6 Å². The van der Waals surface area contributed by atoms with Crippen molar-refractivity contribution in [2.75, 3.05) is 0 Å². The van der Waals surface area contributed by atoms with Gasteiger partial charge in [0.05, 0.1) is 10.6 Å². The number of carbonyl (C=O) groups is 1. The summed E-state index contributed by atoms with van der Waals surface area (Å²) in [5.74, 6) is -1.03. The standard InChI is InChI=1S/C15H11ClO2/c16-14(12-9-5-2-6-10-12)13(15(17)18)11-7-3-1-4-8-11/h1-10H,(H,17,18). The molecule has 0 heterocycles. The van der Waals surface area contributed by atoms with E-state index >= 15 is 0 Å². The van der Waals surface area contributed by atoms with Crippen molar-refractivity contribution in [3.63, 3.8) is 0 Å². The summed E-state index contributed by atoms with van der Waals surface area (Å²) in [5.41, 5.74) is 1.41. The van der Waals surface area contributed by atoms with Gasteiger partial charge in [-0.05, 0) is 11.1 Å². The second-order valence-electron chi connectivity index (χ2n) is 3.73. The van der Waals surface area contributed by atoms with Crippen LogP contribution < -0.4 is 0 Å². The van der Waals surface area contributed by atoms with E-state index in [1.165, 1.54) is 0 Å². The highest BCUT2D eigenvalue weighted by molar-refractivity contribution is 6.56. The topological polar surface area (TPSA) is 37.3 Å². The molecule has 90 valence electrons. The second-order valence-corrected chi connectivity index (χ2v) is 4.10. The lowest BCUT2D eigenvalue weighted by atomic mass is 10.0. The molecule has 0 aliphatic rings. The molecule has 0 unspecified atom stereocenters. The van der Waals surface area contributed by atoms with Crippen LogP contribution in [0.2, 0.25) is 0 Å². The molecule has 0 bridgehead atoms. The lowest BCUT2D eigenvalue weighted by Gasteiger charge is -2.07. The zero-order valence-electron chi connectivity index (χ0n) is 9.51. The molecule has 0 saturated carbocycles. The molecule has 2 rings (SSSR count). The lowest BCUT2D eigenvalue weighted by molar-refractivity contribution is -0.130. The number of carboxylic acid groups (broad SMARTS) is 1. The molecule has 0 aliphatic carbocycles. The highest BCUT2D eigenvalue weighted by Gasteiger charge is 2.16. The molecule has 0 spiro atoms. The quantitative estimate of drug-likeness (QED) is 0.670. The van der Waals surface area contributed by atoms with Crippen molar-refractivity contribution in [3.8, 4) is 0 Å². The average Bonchev–Trinajstić information content (AvgIpc) is 2.40. The predicted molar refractivity (Wildman–Crippen MR) is 73.2 cm³/mol. The molecule has 0 saturated heterocycles. The van der Waals surface area contributed by atoms with Gasteiger partial charge >= 0.3 is 5.97 Å². The Kier molecular flexibility index (Phi) is 3.80. The second kappa shape index (κ2) is 5.52. The Labute approximate surface area is 110 Å². The van der Waals surface area contributed by atoms with Gasteiger partial charge in [-0.15, -0.1) is 0 Å². The van der Waals surface area contributed by atoms with Crippen LogP contribution in [0.15, 0.2) is 60.7 Å². The fraction of sp³-hybridized carbons (Fsp3) is 0. The minimum absolute atomic E-state index is 0.114. The summed E-state index contributed by atoms with van der Waals surface area (Å²) in [5, 5.41) is 9.56. The van der Waals surface area contributed by atoms with Crippen molar-refractivity contribution < 1.29 is 9.90 Å². The number of benzene rings is 2. The SMILES string of the molecule is O=C(O)C(=C(Cl)c1ccccc1)c1ccccc1. The van der Waals surface area contributed by atoms with Crippen LogP contribution in [-0.4, -0.2) is 11.1 Å². The molecule has 0 radical (unpaired) electrons. The van der Waals surface area contributed by atoms with Crippen LogP contribution in [0, 0.1) is 0 Å². The van der Waals surface area contributed by atoms with E-state index in [1.54, 1.807) is 36.4 Å². The van der Waals surface area contributed by atoms with Gasteiger partial charge in [-0.1, -0.05) is 72.3 Å². The van der Waals surface area contributed by atoms with Gasteiger partial charge in [-0.3, -0.25) is 0 Å². The van der Waals surface area contributed by atoms with Crippen molar-refractivity contribution in [1.82, 2.24) is 0 Å². The molecule has 18 heavy (non-hydrogen) atoms. The maximum absolute atomic E-state index is 11.4. The highest BCUT2D eigenvalue weighted by atomic mass is 35.5. The van der Waals surface area contributed by atoms with Crippen LogP contribution in [-0.2, 0) is 4.79 Å². The van der Waals surface area contributed by atoms with Crippen molar-refractivity contribution in [3.05, 3.63) is 71.8 Å². The first-order valence-corrected chi connectivity index (χ1v) is 5.82. The normalized spacial score (nSPS) is 11.8. The number of halogens is 1. The zero-order chi connectivity index (χ0) is 13.0. The molecule has 0 aromatic heterocycles. The molecular formula is C15H11ClO2. The smallest absolute Gasteiger partial charge is 0.337 e. The summed E-state index contributed by atoms with van der Waals surface area (Å²) < 4.78 is 0. The summed E-state index contributed by atoms with van der Waals surface area (Å²) in [6, 6.07) is 17.9. The Hall–Kier alpha value is -2.06. The minimum Gasteiger partial charge on any atom is -0.478 e. The van der Waals surface area contributed by atoms with Gasteiger partial charge in [0.15, 0.2) is 0 Å². The fourth-order valence-electron chi connectivity index (χ4n) is 1.68. The molecule has 0 fully saturated rings. The third-order valence-electron chi connectivity index (χ3n) is 2.52. The van der Waals surface area contributed by atoms with Crippen LogP contribution in [0.3, 0.4) is 0 Å². The largest absolute Gasteiger partial charge is 0.478 e. The van der Waals surface area contributed by atoms with Crippen molar-refractivity contribution >= 4 is 28.2 Å². The number of aliphatic carboxylic acids is 1. The Balaban J connectivity index is 2.58. The van der Waals surface area contributed by atoms with Gasteiger partial charge in [0, 0.05) is 0 Å². The van der Waals surface area contributed by atoms with E-state index in [2.05, 4.69) is 0 Å². The van der Waals surface area contributed by atoms with Gasteiger partial charge in [-0.2, -0.15) is 0 Å². The Morgan fingerprint density at radius 2 is 1.28 bits per heavy atom. The molecular weight excluding hydrogens is 248 g/mol. The zero-order valence-corrected chi connectivity index (χ0v) is 10.3. The lowest BCUT2D eigenvalue weighted by Crippen LogP contribution is -2.01. The molecule has 2 aromatic rings. The first-order chi connectivity index (χ1) is 8.70. The summed E-state index contributed by atoms with van der Waals surface area (Å²) in [6.45, 7) is 0. The third-order valence-corrected chi connectivity index (χ3v) is 2.93. The number of carboxylic acids is 1. The first-order valence-electron chi connectivity index (χ1n) is 5.44. The van der Waals surface area contributed by atoms with Crippen LogP contribution in [0.1, 0.15) is 11.1 Å². The predicted octanol–water partition coefficient (Wildman–Crippen LogP) is 3.88. The van der Waals surface area contributed by atoms with Gasteiger partial charge in [0.1, 0.15) is 0 Å². The van der Waals surface area contributed by atoms with Gasteiger partial charge in [-0.25, -0.2) is 4.79 Å². The maximum atomic E-state index is 11.4. The molecule has 0 amide bonds. The van der Waals surface area contributed by atoms with Crippen LogP contribution in [0.4, 0.5) is 0 Å². The van der Waals surface area contributed by atoms with E-state index in [4.69, 9.17) is 11.6 Å². The van der Waals surface area contributed by atoms with Crippen molar-refractivity contribution in [2.24, 2.45) is 0 Å². The van der Waals surface area contributed by atoms with Crippen molar-refractivity contribution in [2.45, 2.75) is 0 Å². The molecule has 3 heteroatoms. The van der Waals surface area contributed by atoms with Gasteiger partial charge < -0.3 is 5.11 Å². The fourth-order valence-corrected chi connectivity index (χ4v) is 1.99. The molecule has 2 nitrogen and oxygen atoms in total. The minimum atomic E-state index is -1.03. The van der Waals surface area contributed by atoms with E-state index in [0.717, 1.165) is 0 Å². The Morgan fingerprint density at radius 1 is 0.833 bits per heavy atom. The van der Waals surface area contributed by atoms with E-state index in [0.29, 0.717) is 11.1 Å². The summed E-state index contributed by atoms with van der Waals surface area (Å²) in [4.78, 5) is 11.4. The van der Waals surface area contributed by atoms with Crippen molar-refractivity contribution in [1.29, 1.82) is 0 Å². The van der Waals surface area contributed by atoms with Crippen LogP contribution in [0.5, 0.6) is 0 Å². The molecule has 0 atom stereocenters. The highest BCUT2D eigenvalue weighted by Crippen LogP contribution is 2.29. The van der Waals surface area contributed by atoms with E-state index in [9.17, 15) is 9.90 Å². The first kappa shape index (κ1) is 12.4. The Morgan fingerprint density at radius 3 is 1.72 bits per heavy atom. The number of hydrogen-bond acceptors (Lipinski definition) is 1. The third kappa shape index (κ3) is 2.60. The molecule has 2 aromatic carbocycles. The van der Waals surface area contributed by atoms with Crippen LogP contribution in [0.25, 0.3) is 10.6 Å². The monoisotopic (exact) mass is 258 g/mol. The summed E-state index contributed by atoms with van der Waals surface area (Å²) in [6.07, 6.45) is 0. The molecule has 0 aliphatic heterocycles. The number of hydrogen-bond donors (Lipinski definition) is 1. The van der Waals surface area contributed by atoms with E-state index in [1.807, 2.05) is 24.3 Å². The molecule has 1 N–H and O–H groups in total. The summed E-state index contributed by atoms with van der Waals surface area (Å²) in [7, 11) is 0. The maximum Gasteiger partial charge on any atom is 0.337 e. The number of rotatable bonds is 3. The van der Waals surface area contributed by atoms with Gasteiger partial charge in [0.25, 0.3) is 0 Å². The Bertz CT molecular complexity index is 574. The van der Waals surface area contributed by atoms with E-state index < -0.39 is 5.97 Å². The van der Waals surface area contributed by atoms with E-state index in [-0.39, 0.29) is 10.6 Å². The summed E-state index contributed by atoms with van der Waals surface area (Å²) >= 11 is 6.20. The van der Waals surface area contributed by atoms with Gasteiger partial charge in [0.2, 0.25) is 0 Å². The average molecular weight is 259 g/mol.